The van der Waals surface area contributed by atoms with E-state index in [2.05, 4.69) is 10.6 Å². The summed E-state index contributed by atoms with van der Waals surface area (Å²) in [5.74, 6) is -0.0164. The molecular weight excluding hydrogens is 252 g/mol. The van der Waals surface area contributed by atoms with E-state index in [0.717, 1.165) is 44.9 Å². The molecule has 0 atom stereocenters. The Bertz CT molecular complexity index is 346. The smallest absolute Gasteiger partial charge is 0.235 e. The Kier molecular flexibility index (Phi) is 3.99. The van der Waals surface area contributed by atoms with E-state index in [0.29, 0.717) is 12.1 Å². The topological polar surface area (TPSA) is 58.2 Å². The van der Waals surface area contributed by atoms with Crippen LogP contribution < -0.4 is 10.6 Å². The van der Waals surface area contributed by atoms with Crippen LogP contribution in [-0.2, 0) is 9.59 Å². The van der Waals surface area contributed by atoms with Gasteiger partial charge in [0.1, 0.15) is 5.41 Å². The summed E-state index contributed by atoms with van der Waals surface area (Å²) in [6.45, 7) is 0. The second-order valence-corrected chi connectivity index (χ2v) is 6.85. The summed E-state index contributed by atoms with van der Waals surface area (Å²) in [6.07, 6.45) is 11.6. The SMILES string of the molecule is O=C(NC1CCCC1)C1(C(=O)NC2CCCC2)CCC1. The van der Waals surface area contributed by atoms with Gasteiger partial charge in [0.15, 0.2) is 0 Å². The molecule has 0 aliphatic heterocycles. The van der Waals surface area contributed by atoms with Gasteiger partial charge in [0, 0.05) is 12.1 Å². The van der Waals surface area contributed by atoms with Gasteiger partial charge < -0.3 is 10.6 Å². The molecule has 0 bridgehead atoms. The summed E-state index contributed by atoms with van der Waals surface area (Å²) >= 11 is 0. The minimum atomic E-state index is -0.745. The van der Waals surface area contributed by atoms with Gasteiger partial charge in [-0.15, -0.1) is 0 Å². The zero-order valence-corrected chi connectivity index (χ0v) is 12.2. The van der Waals surface area contributed by atoms with Gasteiger partial charge in [0.05, 0.1) is 0 Å². The van der Waals surface area contributed by atoms with Crippen molar-refractivity contribution in [3.8, 4) is 0 Å². The number of rotatable bonds is 4. The van der Waals surface area contributed by atoms with Crippen LogP contribution in [0.4, 0.5) is 0 Å². The lowest BCUT2D eigenvalue weighted by Gasteiger charge is -2.40. The molecule has 0 unspecified atom stereocenters. The first-order valence-electron chi connectivity index (χ1n) is 8.33. The molecular formula is C16H26N2O2. The number of amides is 2. The fraction of sp³-hybridized carbons (Fsp3) is 0.875. The van der Waals surface area contributed by atoms with Crippen LogP contribution in [0.5, 0.6) is 0 Å². The summed E-state index contributed by atoms with van der Waals surface area (Å²) in [5.41, 5.74) is -0.745. The Hall–Kier alpha value is -1.06. The molecule has 20 heavy (non-hydrogen) atoms. The van der Waals surface area contributed by atoms with Crippen molar-refractivity contribution in [1.82, 2.24) is 10.6 Å². The maximum Gasteiger partial charge on any atom is 0.235 e. The molecule has 4 nitrogen and oxygen atoms in total. The molecule has 3 saturated carbocycles. The maximum absolute atomic E-state index is 12.5. The molecule has 112 valence electrons. The Balaban J connectivity index is 1.60. The minimum absolute atomic E-state index is 0.00820. The van der Waals surface area contributed by atoms with Gasteiger partial charge in [-0.1, -0.05) is 32.1 Å². The molecule has 2 amide bonds. The lowest BCUT2D eigenvalue weighted by molar-refractivity contribution is -0.150. The third kappa shape index (κ3) is 2.57. The van der Waals surface area contributed by atoms with Gasteiger partial charge in [0.25, 0.3) is 0 Å². The maximum atomic E-state index is 12.5. The van der Waals surface area contributed by atoms with Gasteiger partial charge in [0.2, 0.25) is 11.8 Å². The molecule has 0 spiro atoms. The quantitative estimate of drug-likeness (QED) is 0.775. The highest BCUT2D eigenvalue weighted by molar-refractivity contribution is 6.06. The van der Waals surface area contributed by atoms with Gasteiger partial charge in [-0.3, -0.25) is 9.59 Å². The normalized spacial score (nSPS) is 26.2. The predicted octanol–water partition coefficient (Wildman–Crippen LogP) is 2.27. The molecule has 0 aromatic heterocycles. The number of nitrogens with one attached hydrogen (secondary N) is 2. The van der Waals surface area contributed by atoms with Crippen LogP contribution in [0.1, 0.15) is 70.6 Å². The van der Waals surface area contributed by atoms with Crippen molar-refractivity contribution in [2.75, 3.05) is 0 Å². The summed E-state index contributed by atoms with van der Waals surface area (Å²) < 4.78 is 0. The molecule has 0 heterocycles. The van der Waals surface area contributed by atoms with Crippen molar-refractivity contribution in [1.29, 1.82) is 0 Å². The van der Waals surface area contributed by atoms with Crippen molar-refractivity contribution in [2.45, 2.75) is 82.7 Å². The van der Waals surface area contributed by atoms with Crippen LogP contribution in [-0.4, -0.2) is 23.9 Å². The Morgan fingerprint density at radius 1 is 0.700 bits per heavy atom. The molecule has 3 rings (SSSR count). The van der Waals surface area contributed by atoms with Gasteiger partial charge >= 0.3 is 0 Å². The molecule has 3 aliphatic rings. The number of carbonyl (C=O) groups excluding carboxylic acids is 2. The first kappa shape index (κ1) is 13.9. The zero-order valence-electron chi connectivity index (χ0n) is 12.2. The monoisotopic (exact) mass is 278 g/mol. The van der Waals surface area contributed by atoms with Crippen LogP contribution >= 0.6 is 0 Å². The summed E-state index contributed by atoms with van der Waals surface area (Å²) in [4.78, 5) is 25.1. The number of carbonyl (C=O) groups is 2. The van der Waals surface area contributed by atoms with Crippen LogP contribution in [0.25, 0.3) is 0 Å². The molecule has 3 fully saturated rings. The average molecular weight is 278 g/mol. The molecule has 0 aromatic carbocycles. The third-order valence-electron chi connectivity index (χ3n) is 5.46. The number of hydrogen-bond donors (Lipinski definition) is 2. The average Bonchev–Trinajstić information content (AvgIpc) is 3.00. The van der Waals surface area contributed by atoms with Crippen LogP contribution in [0.3, 0.4) is 0 Å². The van der Waals surface area contributed by atoms with E-state index < -0.39 is 5.41 Å². The minimum Gasteiger partial charge on any atom is -0.352 e. The van der Waals surface area contributed by atoms with E-state index in [1.165, 1.54) is 25.7 Å². The third-order valence-corrected chi connectivity index (χ3v) is 5.46. The second kappa shape index (κ2) is 5.74. The van der Waals surface area contributed by atoms with E-state index in [4.69, 9.17) is 0 Å². The Labute approximate surface area is 121 Å². The van der Waals surface area contributed by atoms with Crippen molar-refractivity contribution in [3.63, 3.8) is 0 Å². The first-order valence-corrected chi connectivity index (χ1v) is 8.33. The highest BCUT2D eigenvalue weighted by atomic mass is 16.2. The van der Waals surface area contributed by atoms with E-state index in [-0.39, 0.29) is 11.8 Å². The predicted molar refractivity (Wildman–Crippen MR) is 77.1 cm³/mol. The van der Waals surface area contributed by atoms with Crippen molar-refractivity contribution < 1.29 is 9.59 Å². The lowest BCUT2D eigenvalue weighted by Crippen LogP contribution is -2.57. The zero-order chi connectivity index (χ0) is 14.0. The lowest BCUT2D eigenvalue weighted by atomic mass is 9.67. The van der Waals surface area contributed by atoms with E-state index in [9.17, 15) is 9.59 Å². The highest BCUT2D eigenvalue weighted by Gasteiger charge is 2.51. The molecule has 2 N–H and O–H groups in total. The number of hydrogen-bond acceptors (Lipinski definition) is 2. The van der Waals surface area contributed by atoms with E-state index in [1.54, 1.807) is 0 Å². The van der Waals surface area contributed by atoms with Crippen molar-refractivity contribution in [2.24, 2.45) is 5.41 Å². The van der Waals surface area contributed by atoms with Crippen LogP contribution in [0, 0.1) is 5.41 Å². The van der Waals surface area contributed by atoms with Crippen LogP contribution in [0.15, 0.2) is 0 Å². The fourth-order valence-electron chi connectivity index (χ4n) is 3.87. The molecule has 3 aliphatic carbocycles. The summed E-state index contributed by atoms with van der Waals surface area (Å²) in [6, 6.07) is 0.610. The van der Waals surface area contributed by atoms with Crippen LogP contribution in [0.2, 0.25) is 0 Å². The molecule has 0 radical (unpaired) electrons. The summed E-state index contributed by atoms with van der Waals surface area (Å²) in [7, 11) is 0. The molecule has 4 heteroatoms. The second-order valence-electron chi connectivity index (χ2n) is 6.85. The van der Waals surface area contributed by atoms with Gasteiger partial charge in [-0.25, -0.2) is 0 Å². The fourth-order valence-corrected chi connectivity index (χ4v) is 3.87. The van der Waals surface area contributed by atoms with Crippen molar-refractivity contribution >= 4 is 11.8 Å². The summed E-state index contributed by atoms with van der Waals surface area (Å²) in [5, 5.41) is 6.26. The van der Waals surface area contributed by atoms with E-state index >= 15 is 0 Å². The Morgan fingerprint density at radius 2 is 1.10 bits per heavy atom. The molecule has 0 aromatic rings. The Morgan fingerprint density at radius 3 is 1.40 bits per heavy atom. The van der Waals surface area contributed by atoms with E-state index in [1.807, 2.05) is 0 Å². The van der Waals surface area contributed by atoms with Crippen molar-refractivity contribution in [3.05, 3.63) is 0 Å². The first-order chi connectivity index (χ1) is 9.71. The van der Waals surface area contributed by atoms with Gasteiger partial charge in [-0.05, 0) is 38.5 Å². The highest BCUT2D eigenvalue weighted by Crippen LogP contribution is 2.42. The largest absolute Gasteiger partial charge is 0.352 e. The molecule has 0 saturated heterocycles. The standard InChI is InChI=1S/C16H26N2O2/c19-14(17-12-6-1-2-7-12)16(10-5-11-16)15(20)18-13-8-3-4-9-13/h12-13H,1-11H2,(H,17,19)(H,18,20). The van der Waals surface area contributed by atoms with Gasteiger partial charge in [-0.2, -0.15) is 0 Å².